The normalized spacial score (nSPS) is 11.4. The molecule has 0 aromatic carbocycles. The number of nitrogen functional groups attached to an aromatic ring is 1. The molecule has 0 aliphatic heterocycles. The van der Waals surface area contributed by atoms with E-state index in [4.69, 9.17) is 5.73 Å². The van der Waals surface area contributed by atoms with E-state index < -0.39 is 20.5 Å². The average molecular weight is 190 g/mol. The summed E-state index contributed by atoms with van der Waals surface area (Å²) in [4.78, 5) is 15.6. The minimum Gasteiger partial charge on any atom is -0.369 e. The highest BCUT2D eigenvalue weighted by molar-refractivity contribution is 7.89. The van der Waals surface area contributed by atoms with E-state index in [1.54, 1.807) is 0 Å². The number of H-pyrrole nitrogens is 1. The maximum Gasteiger partial charge on any atom is 0.272 e. The molecule has 1 aromatic rings. The molecule has 1 aromatic heterocycles. The summed E-state index contributed by atoms with van der Waals surface area (Å²) in [6, 6.07) is 0. The second kappa shape index (κ2) is 2.57. The van der Waals surface area contributed by atoms with Crippen molar-refractivity contribution in [2.75, 3.05) is 5.73 Å². The Kier molecular flexibility index (Phi) is 1.86. The highest BCUT2D eigenvalue weighted by Gasteiger charge is 2.12. The summed E-state index contributed by atoms with van der Waals surface area (Å²) in [5, 5.41) is 4.68. The number of hydrogen-bond acceptors (Lipinski definition) is 5. The Labute approximate surface area is 67.5 Å². The van der Waals surface area contributed by atoms with Gasteiger partial charge in [-0.15, -0.1) is 0 Å². The molecule has 0 saturated heterocycles. The van der Waals surface area contributed by atoms with Crippen LogP contribution in [0.5, 0.6) is 0 Å². The fourth-order valence-corrected chi connectivity index (χ4v) is 1.11. The van der Waals surface area contributed by atoms with Crippen LogP contribution in [0.2, 0.25) is 0 Å². The molecule has 0 amide bonds. The van der Waals surface area contributed by atoms with Crippen LogP contribution < -0.4 is 16.4 Å². The lowest BCUT2D eigenvalue weighted by molar-refractivity contribution is 0.596. The van der Waals surface area contributed by atoms with Crippen molar-refractivity contribution >= 4 is 16.0 Å². The van der Waals surface area contributed by atoms with Crippen LogP contribution in [0.1, 0.15) is 0 Å². The second-order valence-corrected chi connectivity index (χ2v) is 3.54. The van der Waals surface area contributed by atoms with E-state index in [0.29, 0.717) is 0 Å². The molecule has 8 heteroatoms. The van der Waals surface area contributed by atoms with Crippen LogP contribution in [0.25, 0.3) is 0 Å². The first-order valence-electron chi connectivity index (χ1n) is 2.79. The number of aromatic nitrogens is 2. The van der Waals surface area contributed by atoms with Gasteiger partial charge in [-0.05, 0) is 0 Å². The molecule has 12 heavy (non-hydrogen) atoms. The lowest BCUT2D eigenvalue weighted by Gasteiger charge is -1.95. The van der Waals surface area contributed by atoms with Crippen LogP contribution in [0.15, 0.2) is 15.9 Å². The number of primary sulfonamides is 1. The van der Waals surface area contributed by atoms with E-state index in [0.717, 1.165) is 6.20 Å². The molecule has 7 nitrogen and oxygen atoms in total. The SMILES string of the molecule is Nc1ncc(S(N)(=O)=O)c(=O)[nH]1. The first-order valence-corrected chi connectivity index (χ1v) is 4.33. The zero-order chi connectivity index (χ0) is 9.35. The van der Waals surface area contributed by atoms with Crippen LogP contribution >= 0.6 is 0 Å². The third-order valence-electron chi connectivity index (χ3n) is 1.09. The Hall–Kier alpha value is -1.41. The monoisotopic (exact) mass is 190 g/mol. The van der Waals surface area contributed by atoms with Crippen molar-refractivity contribution < 1.29 is 8.42 Å². The van der Waals surface area contributed by atoms with Crippen LogP contribution in [0.3, 0.4) is 0 Å². The van der Waals surface area contributed by atoms with Crippen molar-refractivity contribution in [1.82, 2.24) is 9.97 Å². The Bertz CT molecular complexity index is 448. The third-order valence-corrected chi connectivity index (χ3v) is 2.00. The van der Waals surface area contributed by atoms with E-state index in [9.17, 15) is 13.2 Å². The number of nitrogens with one attached hydrogen (secondary N) is 1. The molecular weight excluding hydrogens is 184 g/mol. The van der Waals surface area contributed by atoms with Gasteiger partial charge in [-0.2, -0.15) is 0 Å². The quantitative estimate of drug-likeness (QED) is 0.471. The Morgan fingerprint density at radius 3 is 2.50 bits per heavy atom. The molecule has 0 saturated carbocycles. The molecule has 0 unspecified atom stereocenters. The third kappa shape index (κ3) is 1.60. The van der Waals surface area contributed by atoms with Gasteiger partial charge in [-0.1, -0.05) is 0 Å². The minimum atomic E-state index is -4.01. The van der Waals surface area contributed by atoms with Crippen LogP contribution in [-0.4, -0.2) is 18.4 Å². The predicted molar refractivity (Wildman–Crippen MR) is 40.6 cm³/mol. The van der Waals surface area contributed by atoms with Gasteiger partial charge in [0, 0.05) is 0 Å². The fourth-order valence-electron chi connectivity index (χ4n) is 0.600. The Morgan fingerprint density at radius 2 is 2.08 bits per heavy atom. The van der Waals surface area contributed by atoms with E-state index >= 15 is 0 Å². The van der Waals surface area contributed by atoms with Crippen molar-refractivity contribution in [3.8, 4) is 0 Å². The van der Waals surface area contributed by atoms with Crippen molar-refractivity contribution in [2.45, 2.75) is 4.90 Å². The minimum absolute atomic E-state index is 0.160. The van der Waals surface area contributed by atoms with Gasteiger partial charge in [0.15, 0.2) is 10.8 Å². The van der Waals surface area contributed by atoms with Gasteiger partial charge in [0.2, 0.25) is 10.0 Å². The summed E-state index contributed by atoms with van der Waals surface area (Å²) in [5.74, 6) is -0.160. The summed E-state index contributed by atoms with van der Waals surface area (Å²) in [6.45, 7) is 0. The van der Waals surface area contributed by atoms with Crippen LogP contribution in [-0.2, 0) is 10.0 Å². The highest BCUT2D eigenvalue weighted by Crippen LogP contribution is 1.95. The van der Waals surface area contributed by atoms with Crippen molar-refractivity contribution in [3.63, 3.8) is 0 Å². The summed E-state index contributed by atoms with van der Waals surface area (Å²) >= 11 is 0. The second-order valence-electron chi connectivity index (χ2n) is 2.01. The number of rotatable bonds is 1. The number of aromatic amines is 1. The average Bonchev–Trinajstić information content (AvgIpc) is 1.83. The molecule has 0 bridgehead atoms. The van der Waals surface area contributed by atoms with E-state index in [2.05, 4.69) is 10.1 Å². The summed E-state index contributed by atoms with van der Waals surface area (Å²) < 4.78 is 21.3. The number of nitrogens with zero attached hydrogens (tertiary/aromatic N) is 1. The standard InChI is InChI=1S/C4H6N4O3S/c5-4-7-1-2(3(9)8-4)12(6,10)11/h1H,(H2,6,10,11)(H3,5,7,8,9). The largest absolute Gasteiger partial charge is 0.369 e. The van der Waals surface area contributed by atoms with Crippen molar-refractivity contribution in [3.05, 3.63) is 16.6 Å². The smallest absolute Gasteiger partial charge is 0.272 e. The Balaban J connectivity index is 3.50. The summed E-state index contributed by atoms with van der Waals surface area (Å²) in [5.41, 5.74) is 4.20. The number of nitrogens with two attached hydrogens (primary N) is 2. The van der Waals surface area contributed by atoms with Crippen LogP contribution in [0.4, 0.5) is 5.95 Å². The topological polar surface area (TPSA) is 132 Å². The van der Waals surface area contributed by atoms with Crippen molar-refractivity contribution in [2.24, 2.45) is 5.14 Å². The van der Waals surface area contributed by atoms with Gasteiger partial charge in [-0.3, -0.25) is 9.78 Å². The van der Waals surface area contributed by atoms with Gasteiger partial charge in [0.05, 0.1) is 6.20 Å². The molecule has 0 aliphatic carbocycles. The van der Waals surface area contributed by atoms with Gasteiger partial charge >= 0.3 is 0 Å². The van der Waals surface area contributed by atoms with E-state index in [1.807, 2.05) is 4.98 Å². The predicted octanol–water partition coefficient (Wildman–Crippen LogP) is -2.00. The summed E-state index contributed by atoms with van der Waals surface area (Å²) in [7, 11) is -4.01. The van der Waals surface area contributed by atoms with Crippen LogP contribution in [0, 0.1) is 0 Å². The molecular formula is C4H6N4O3S. The highest BCUT2D eigenvalue weighted by atomic mass is 32.2. The fraction of sp³-hybridized carbons (Fsp3) is 0. The zero-order valence-corrected chi connectivity index (χ0v) is 6.63. The molecule has 0 fully saturated rings. The molecule has 1 heterocycles. The maximum absolute atomic E-state index is 10.9. The van der Waals surface area contributed by atoms with Gasteiger partial charge < -0.3 is 5.73 Å². The van der Waals surface area contributed by atoms with E-state index in [-0.39, 0.29) is 5.95 Å². The molecule has 0 atom stereocenters. The molecule has 5 N–H and O–H groups in total. The Morgan fingerprint density at radius 1 is 1.50 bits per heavy atom. The first kappa shape index (κ1) is 8.68. The number of hydrogen-bond donors (Lipinski definition) is 3. The molecule has 1 rings (SSSR count). The molecule has 0 spiro atoms. The van der Waals surface area contributed by atoms with Gasteiger partial charge in [0.1, 0.15) is 0 Å². The lowest BCUT2D eigenvalue weighted by atomic mass is 10.6. The molecule has 66 valence electrons. The van der Waals surface area contributed by atoms with Crippen molar-refractivity contribution in [1.29, 1.82) is 0 Å². The number of sulfonamides is 1. The number of anilines is 1. The van der Waals surface area contributed by atoms with Gasteiger partial charge in [-0.25, -0.2) is 18.5 Å². The molecule has 0 radical (unpaired) electrons. The molecule has 0 aliphatic rings. The summed E-state index contributed by atoms with van der Waals surface area (Å²) in [6.07, 6.45) is 0.809. The van der Waals surface area contributed by atoms with E-state index in [1.165, 1.54) is 0 Å². The van der Waals surface area contributed by atoms with Gasteiger partial charge in [0.25, 0.3) is 5.56 Å². The zero-order valence-electron chi connectivity index (χ0n) is 5.81. The maximum atomic E-state index is 10.9. The lowest BCUT2D eigenvalue weighted by Crippen LogP contribution is -2.24. The first-order chi connectivity index (χ1) is 5.41.